The number of para-hydroxylation sites is 3. The normalized spacial score (nSPS) is 14.9. The summed E-state index contributed by atoms with van der Waals surface area (Å²) in [4.78, 5) is 13.4. The summed E-state index contributed by atoms with van der Waals surface area (Å²) >= 11 is 12.7. The van der Waals surface area contributed by atoms with Crippen LogP contribution in [0.25, 0.3) is 10.9 Å². The van der Waals surface area contributed by atoms with Crippen LogP contribution in [0.2, 0.25) is 10.0 Å². The highest BCUT2D eigenvalue weighted by Gasteiger charge is 2.25. The molecule has 6 rings (SSSR count). The number of nitrogens with one attached hydrogen (secondary N) is 1. The van der Waals surface area contributed by atoms with Crippen LogP contribution in [0.1, 0.15) is 29.0 Å². The molecule has 4 aromatic carbocycles. The fraction of sp³-hybridized carbons (Fsp3) is 0.206. The second kappa shape index (κ2) is 12.4. The Hall–Kier alpha value is -4.13. The van der Waals surface area contributed by atoms with E-state index in [-0.39, 0.29) is 24.3 Å². The van der Waals surface area contributed by atoms with E-state index in [4.69, 9.17) is 37.4 Å². The maximum Gasteiger partial charge on any atom is 0.221 e. The molecule has 214 valence electrons. The number of nitrogens with zero attached hydrogens (tertiary/aromatic N) is 1. The summed E-state index contributed by atoms with van der Waals surface area (Å²) in [7, 11) is 1.66. The Morgan fingerprint density at radius 3 is 2.52 bits per heavy atom. The molecule has 5 aromatic rings. The van der Waals surface area contributed by atoms with Crippen LogP contribution >= 0.6 is 23.2 Å². The van der Waals surface area contributed by atoms with Crippen LogP contribution in [0.5, 0.6) is 17.2 Å². The zero-order valence-corrected chi connectivity index (χ0v) is 24.6. The van der Waals surface area contributed by atoms with Gasteiger partial charge in [-0.15, -0.1) is 0 Å². The van der Waals surface area contributed by atoms with E-state index in [1.807, 2.05) is 60.7 Å². The number of fused-ring (bicyclic) bond motifs is 2. The Bertz CT molecular complexity index is 1720. The molecule has 0 fully saturated rings. The van der Waals surface area contributed by atoms with E-state index < -0.39 is 0 Å². The van der Waals surface area contributed by atoms with Crippen molar-refractivity contribution < 1.29 is 19.0 Å². The van der Waals surface area contributed by atoms with Crippen molar-refractivity contribution >= 4 is 40.0 Å². The van der Waals surface area contributed by atoms with Crippen molar-refractivity contribution in [1.82, 2.24) is 9.88 Å². The lowest BCUT2D eigenvalue weighted by Gasteiger charge is -2.26. The Morgan fingerprint density at radius 2 is 1.74 bits per heavy atom. The zero-order valence-electron chi connectivity index (χ0n) is 23.1. The molecule has 0 spiro atoms. The number of carbonyl (C=O) groups is 1. The molecule has 1 N–H and O–H groups in total. The molecule has 1 aromatic heterocycles. The van der Waals surface area contributed by atoms with Crippen LogP contribution in [0, 0.1) is 0 Å². The maximum atomic E-state index is 13.4. The van der Waals surface area contributed by atoms with Gasteiger partial charge in [0.15, 0.2) is 11.5 Å². The van der Waals surface area contributed by atoms with Gasteiger partial charge in [0.1, 0.15) is 18.5 Å². The van der Waals surface area contributed by atoms with Gasteiger partial charge in [-0.1, -0.05) is 71.7 Å². The number of methoxy groups -OCH3 is 1. The number of hydrogen-bond donors (Lipinski definition) is 1. The van der Waals surface area contributed by atoms with Crippen LogP contribution in [-0.4, -0.2) is 36.8 Å². The van der Waals surface area contributed by atoms with E-state index in [1.54, 1.807) is 13.2 Å². The maximum absolute atomic E-state index is 13.4. The topological polar surface area (TPSA) is 61.7 Å². The van der Waals surface area contributed by atoms with Crippen LogP contribution in [0.4, 0.5) is 0 Å². The van der Waals surface area contributed by atoms with Crippen LogP contribution < -0.4 is 19.5 Å². The standard InChI is InChI=1S/C34H30Cl2N2O4/c1-40-24-13-10-22(11-14-24)19-38-20-28(26-6-2-3-7-31(26)38)27(23-12-15-29(35)30(36)16-23)17-34(39)37-18-25-21-41-32-8-4-5-9-33(32)42-25/h2-16,20,25,27H,17-19,21H2,1H3,(H,37,39). The molecule has 1 aliphatic rings. The summed E-state index contributed by atoms with van der Waals surface area (Å²) in [5.74, 6) is 1.86. The number of benzene rings is 4. The molecule has 2 unspecified atom stereocenters. The first-order chi connectivity index (χ1) is 20.5. The molecule has 8 heteroatoms. The molecule has 1 aliphatic heterocycles. The fourth-order valence-corrected chi connectivity index (χ4v) is 5.70. The fourth-order valence-electron chi connectivity index (χ4n) is 5.40. The quantitative estimate of drug-likeness (QED) is 0.190. The van der Waals surface area contributed by atoms with Gasteiger partial charge in [-0.25, -0.2) is 0 Å². The van der Waals surface area contributed by atoms with Crippen molar-refractivity contribution in [2.75, 3.05) is 20.3 Å². The van der Waals surface area contributed by atoms with Crippen molar-refractivity contribution in [2.24, 2.45) is 0 Å². The molecule has 0 bridgehead atoms. The third kappa shape index (κ3) is 6.06. The summed E-state index contributed by atoms with van der Waals surface area (Å²) in [6.45, 7) is 1.37. The zero-order chi connectivity index (χ0) is 29.1. The van der Waals surface area contributed by atoms with E-state index in [1.165, 1.54) is 0 Å². The summed E-state index contributed by atoms with van der Waals surface area (Å²) in [6.07, 6.45) is 2.09. The van der Waals surface area contributed by atoms with E-state index >= 15 is 0 Å². The van der Waals surface area contributed by atoms with E-state index in [9.17, 15) is 4.79 Å². The van der Waals surface area contributed by atoms with Gasteiger partial charge in [-0.05, 0) is 59.2 Å². The van der Waals surface area contributed by atoms with E-state index in [0.29, 0.717) is 41.2 Å². The summed E-state index contributed by atoms with van der Waals surface area (Å²) in [5.41, 5.74) is 4.18. The molecular weight excluding hydrogens is 571 g/mol. The summed E-state index contributed by atoms with van der Waals surface area (Å²) in [5, 5.41) is 5.07. The molecule has 2 heterocycles. The van der Waals surface area contributed by atoms with Crippen molar-refractivity contribution in [3.05, 3.63) is 124 Å². The predicted octanol–water partition coefficient (Wildman–Crippen LogP) is 7.48. The second-order valence-electron chi connectivity index (χ2n) is 10.3. The lowest BCUT2D eigenvalue weighted by molar-refractivity contribution is -0.121. The van der Waals surface area contributed by atoms with Gasteiger partial charge < -0.3 is 24.1 Å². The molecule has 0 saturated carbocycles. The molecule has 0 saturated heterocycles. The lowest BCUT2D eigenvalue weighted by atomic mass is 9.88. The Kier molecular flexibility index (Phi) is 8.27. The third-order valence-corrected chi connectivity index (χ3v) is 8.28. The minimum absolute atomic E-state index is 0.0967. The minimum atomic E-state index is -0.279. The van der Waals surface area contributed by atoms with Crippen molar-refractivity contribution in [1.29, 1.82) is 0 Å². The van der Waals surface area contributed by atoms with Gasteiger partial charge in [0.05, 0.1) is 23.7 Å². The van der Waals surface area contributed by atoms with Gasteiger partial charge in [-0.2, -0.15) is 0 Å². The SMILES string of the molecule is COc1ccc(Cn2cc(C(CC(=O)NCC3COc4ccccc4O3)c3ccc(Cl)c(Cl)c3)c3ccccc32)cc1. The number of amides is 1. The average Bonchev–Trinajstić information content (AvgIpc) is 3.38. The second-order valence-corrected chi connectivity index (χ2v) is 11.1. The van der Waals surface area contributed by atoms with Gasteiger partial charge >= 0.3 is 0 Å². The van der Waals surface area contributed by atoms with E-state index in [0.717, 1.165) is 33.3 Å². The Balaban J connectivity index is 1.27. The van der Waals surface area contributed by atoms with Gasteiger partial charge in [-0.3, -0.25) is 4.79 Å². The molecule has 42 heavy (non-hydrogen) atoms. The molecule has 2 atom stereocenters. The van der Waals surface area contributed by atoms with Gasteiger partial charge in [0.25, 0.3) is 0 Å². The highest BCUT2D eigenvalue weighted by Crippen LogP contribution is 2.37. The van der Waals surface area contributed by atoms with Crippen molar-refractivity contribution in [3.8, 4) is 17.2 Å². The average molecular weight is 602 g/mol. The number of halogens is 2. The number of carbonyl (C=O) groups excluding carboxylic acids is 1. The highest BCUT2D eigenvalue weighted by atomic mass is 35.5. The first-order valence-corrected chi connectivity index (χ1v) is 14.5. The lowest BCUT2D eigenvalue weighted by Crippen LogP contribution is -2.41. The van der Waals surface area contributed by atoms with Gasteiger partial charge in [0, 0.05) is 36.0 Å². The molecule has 0 radical (unpaired) electrons. The largest absolute Gasteiger partial charge is 0.497 e. The van der Waals surface area contributed by atoms with E-state index in [2.05, 4.69) is 40.3 Å². The Morgan fingerprint density at radius 1 is 0.976 bits per heavy atom. The molecule has 0 aliphatic carbocycles. The Labute approximate surface area is 254 Å². The molecule has 1 amide bonds. The number of ether oxygens (including phenoxy) is 3. The van der Waals surface area contributed by atoms with Crippen LogP contribution in [0.3, 0.4) is 0 Å². The first-order valence-electron chi connectivity index (χ1n) is 13.8. The number of hydrogen-bond acceptors (Lipinski definition) is 4. The molecular formula is C34H30Cl2N2O4. The smallest absolute Gasteiger partial charge is 0.221 e. The number of aromatic nitrogens is 1. The first kappa shape index (κ1) is 28.0. The van der Waals surface area contributed by atoms with Crippen molar-refractivity contribution in [3.63, 3.8) is 0 Å². The molecule has 6 nitrogen and oxygen atoms in total. The predicted molar refractivity (Wildman–Crippen MR) is 166 cm³/mol. The number of rotatable bonds is 9. The van der Waals surface area contributed by atoms with Gasteiger partial charge in [0.2, 0.25) is 5.91 Å². The summed E-state index contributed by atoms with van der Waals surface area (Å²) in [6, 6.07) is 29.4. The minimum Gasteiger partial charge on any atom is -0.497 e. The third-order valence-electron chi connectivity index (χ3n) is 7.54. The summed E-state index contributed by atoms with van der Waals surface area (Å²) < 4.78 is 19.4. The van der Waals surface area contributed by atoms with Crippen LogP contribution in [0.15, 0.2) is 97.2 Å². The van der Waals surface area contributed by atoms with Crippen molar-refractivity contribution in [2.45, 2.75) is 25.0 Å². The van der Waals surface area contributed by atoms with Crippen LogP contribution in [-0.2, 0) is 11.3 Å². The monoisotopic (exact) mass is 600 g/mol. The highest BCUT2D eigenvalue weighted by molar-refractivity contribution is 6.42.